The zero-order valence-electron chi connectivity index (χ0n) is 12.6. The summed E-state index contributed by atoms with van der Waals surface area (Å²) in [5.41, 5.74) is 2.13. The van der Waals surface area contributed by atoms with Crippen molar-refractivity contribution < 1.29 is 4.74 Å². The van der Waals surface area contributed by atoms with E-state index in [0.29, 0.717) is 6.54 Å². The fourth-order valence-electron chi connectivity index (χ4n) is 1.89. The summed E-state index contributed by atoms with van der Waals surface area (Å²) in [7, 11) is 0. The largest absolute Gasteiger partial charge is 0.488 e. The van der Waals surface area contributed by atoms with Gasteiger partial charge in [-0.05, 0) is 51.5 Å². The zero-order chi connectivity index (χ0) is 14.6. The number of aromatic nitrogens is 1. The Balaban J connectivity index is 2.14. The first-order valence-electron chi connectivity index (χ1n) is 6.87. The van der Waals surface area contributed by atoms with Crippen LogP contribution in [0.25, 0.3) is 0 Å². The highest BCUT2D eigenvalue weighted by molar-refractivity contribution is 5.41. The molecular weight excluding hydrogens is 248 g/mol. The van der Waals surface area contributed by atoms with Crippen LogP contribution in [0.3, 0.4) is 0 Å². The predicted octanol–water partition coefficient (Wildman–Crippen LogP) is 4.18. The molecule has 0 saturated heterocycles. The fraction of sp³-hybridized carbons (Fsp3) is 0.353. The molecule has 0 spiro atoms. The average molecular weight is 270 g/mol. The van der Waals surface area contributed by atoms with Gasteiger partial charge in [-0.1, -0.05) is 18.2 Å². The van der Waals surface area contributed by atoms with E-state index in [9.17, 15) is 0 Å². The molecule has 0 atom stereocenters. The van der Waals surface area contributed by atoms with Crippen molar-refractivity contribution in [3.05, 3.63) is 53.7 Å². The maximum Gasteiger partial charge on any atom is 0.126 e. The minimum atomic E-state index is -0.201. The maximum atomic E-state index is 6.04. The number of hydrogen-bond acceptors (Lipinski definition) is 3. The molecule has 0 saturated carbocycles. The minimum absolute atomic E-state index is 0.201. The number of hydrogen-bond donors (Lipinski definition) is 1. The number of nitrogens with zero attached hydrogens (tertiary/aromatic N) is 1. The van der Waals surface area contributed by atoms with Gasteiger partial charge in [0.15, 0.2) is 0 Å². The lowest BCUT2D eigenvalue weighted by atomic mass is 10.1. The molecule has 1 aromatic heterocycles. The molecule has 2 aromatic rings. The Hall–Kier alpha value is -2.03. The van der Waals surface area contributed by atoms with Crippen molar-refractivity contribution in [2.75, 3.05) is 5.32 Å². The molecule has 0 fully saturated rings. The second kappa shape index (κ2) is 5.95. The molecule has 0 aliphatic heterocycles. The number of anilines is 1. The molecule has 3 heteroatoms. The van der Waals surface area contributed by atoms with E-state index >= 15 is 0 Å². The average Bonchev–Trinajstić information content (AvgIpc) is 2.37. The van der Waals surface area contributed by atoms with Crippen molar-refractivity contribution in [3.8, 4) is 5.75 Å². The number of nitrogens with one attached hydrogen (secondary N) is 1. The molecule has 0 unspecified atom stereocenters. The Labute approximate surface area is 121 Å². The number of ether oxygens (including phenoxy) is 1. The van der Waals surface area contributed by atoms with Gasteiger partial charge in [0, 0.05) is 18.3 Å². The van der Waals surface area contributed by atoms with Crippen molar-refractivity contribution in [1.29, 1.82) is 0 Å². The van der Waals surface area contributed by atoms with Crippen LogP contribution in [0.1, 0.15) is 31.9 Å². The van der Waals surface area contributed by atoms with E-state index in [4.69, 9.17) is 4.74 Å². The normalized spacial score (nSPS) is 11.2. The molecule has 1 N–H and O–H groups in total. The van der Waals surface area contributed by atoms with Crippen LogP contribution in [-0.2, 0) is 6.54 Å². The fourth-order valence-corrected chi connectivity index (χ4v) is 1.89. The quantitative estimate of drug-likeness (QED) is 0.905. The highest BCUT2D eigenvalue weighted by atomic mass is 16.5. The summed E-state index contributed by atoms with van der Waals surface area (Å²) in [5.74, 6) is 1.80. The van der Waals surface area contributed by atoms with Gasteiger partial charge in [0.05, 0.1) is 0 Å². The molecular formula is C17H22N2O. The summed E-state index contributed by atoms with van der Waals surface area (Å²) in [4.78, 5) is 4.26. The van der Waals surface area contributed by atoms with E-state index in [1.807, 2.05) is 18.2 Å². The number of pyridine rings is 1. The SMILES string of the molecule is Cc1ccc(CNc2ccccn2)c(OC(C)(C)C)c1. The van der Waals surface area contributed by atoms with Gasteiger partial charge in [-0.15, -0.1) is 0 Å². The van der Waals surface area contributed by atoms with Crippen LogP contribution in [0.4, 0.5) is 5.82 Å². The summed E-state index contributed by atoms with van der Waals surface area (Å²) in [6.07, 6.45) is 1.78. The lowest BCUT2D eigenvalue weighted by Gasteiger charge is -2.24. The Morgan fingerprint density at radius 2 is 1.95 bits per heavy atom. The zero-order valence-corrected chi connectivity index (χ0v) is 12.6. The first-order chi connectivity index (χ1) is 9.44. The molecule has 106 valence electrons. The van der Waals surface area contributed by atoms with E-state index in [1.54, 1.807) is 6.20 Å². The summed E-state index contributed by atoms with van der Waals surface area (Å²) in [6, 6.07) is 12.1. The number of rotatable bonds is 4. The third-order valence-electron chi connectivity index (χ3n) is 2.76. The van der Waals surface area contributed by atoms with Crippen LogP contribution in [0, 0.1) is 6.92 Å². The summed E-state index contributed by atoms with van der Waals surface area (Å²) in [6.45, 7) is 8.95. The molecule has 3 nitrogen and oxygen atoms in total. The van der Waals surface area contributed by atoms with Crippen LogP contribution in [0.5, 0.6) is 5.75 Å². The van der Waals surface area contributed by atoms with Gasteiger partial charge < -0.3 is 10.1 Å². The van der Waals surface area contributed by atoms with Crippen LogP contribution < -0.4 is 10.1 Å². The lowest BCUT2D eigenvalue weighted by molar-refractivity contribution is 0.129. The molecule has 2 rings (SSSR count). The highest BCUT2D eigenvalue weighted by Crippen LogP contribution is 2.25. The minimum Gasteiger partial charge on any atom is -0.488 e. The highest BCUT2D eigenvalue weighted by Gasteiger charge is 2.14. The van der Waals surface area contributed by atoms with E-state index in [-0.39, 0.29) is 5.60 Å². The Kier molecular flexibility index (Phi) is 4.28. The molecule has 1 aromatic carbocycles. The van der Waals surface area contributed by atoms with E-state index < -0.39 is 0 Å². The molecule has 1 heterocycles. The molecule has 0 bridgehead atoms. The Morgan fingerprint density at radius 3 is 2.60 bits per heavy atom. The standard InChI is InChI=1S/C17H22N2O/c1-13-8-9-14(15(11-13)20-17(2,3)4)12-19-16-7-5-6-10-18-16/h5-11H,12H2,1-4H3,(H,18,19). The van der Waals surface area contributed by atoms with Crippen molar-refractivity contribution in [1.82, 2.24) is 4.98 Å². The van der Waals surface area contributed by atoms with Gasteiger partial charge in [0.2, 0.25) is 0 Å². The van der Waals surface area contributed by atoms with Gasteiger partial charge in [-0.2, -0.15) is 0 Å². The van der Waals surface area contributed by atoms with Crippen molar-refractivity contribution in [2.45, 2.75) is 39.8 Å². The molecule has 0 aliphatic rings. The first-order valence-corrected chi connectivity index (χ1v) is 6.87. The van der Waals surface area contributed by atoms with E-state index in [1.165, 1.54) is 5.56 Å². The Morgan fingerprint density at radius 1 is 1.15 bits per heavy atom. The molecule has 20 heavy (non-hydrogen) atoms. The van der Waals surface area contributed by atoms with Crippen LogP contribution >= 0.6 is 0 Å². The second-order valence-corrected chi connectivity index (χ2v) is 5.89. The molecule has 0 aliphatic carbocycles. The van der Waals surface area contributed by atoms with Gasteiger partial charge in [0.1, 0.15) is 17.2 Å². The number of aryl methyl sites for hydroxylation is 1. The summed E-state index contributed by atoms with van der Waals surface area (Å²) in [5, 5.41) is 3.32. The van der Waals surface area contributed by atoms with Gasteiger partial charge in [-0.3, -0.25) is 0 Å². The van der Waals surface area contributed by atoms with E-state index in [2.05, 4.69) is 56.2 Å². The topological polar surface area (TPSA) is 34.2 Å². The molecule has 0 amide bonds. The van der Waals surface area contributed by atoms with E-state index in [0.717, 1.165) is 17.1 Å². The van der Waals surface area contributed by atoms with Crippen LogP contribution in [0.2, 0.25) is 0 Å². The first kappa shape index (κ1) is 14.4. The smallest absolute Gasteiger partial charge is 0.126 e. The lowest BCUT2D eigenvalue weighted by Crippen LogP contribution is -2.24. The van der Waals surface area contributed by atoms with Gasteiger partial charge in [0.25, 0.3) is 0 Å². The maximum absolute atomic E-state index is 6.04. The van der Waals surface area contributed by atoms with Gasteiger partial charge in [-0.25, -0.2) is 4.98 Å². The van der Waals surface area contributed by atoms with Crippen molar-refractivity contribution in [3.63, 3.8) is 0 Å². The Bertz CT molecular complexity index is 559. The van der Waals surface area contributed by atoms with Crippen LogP contribution in [0.15, 0.2) is 42.6 Å². The van der Waals surface area contributed by atoms with Crippen molar-refractivity contribution >= 4 is 5.82 Å². The monoisotopic (exact) mass is 270 g/mol. The third-order valence-corrected chi connectivity index (χ3v) is 2.76. The van der Waals surface area contributed by atoms with Crippen LogP contribution in [-0.4, -0.2) is 10.6 Å². The predicted molar refractivity (Wildman–Crippen MR) is 83.1 cm³/mol. The second-order valence-electron chi connectivity index (χ2n) is 5.89. The summed E-state index contributed by atoms with van der Waals surface area (Å²) >= 11 is 0. The number of benzene rings is 1. The third kappa shape index (κ3) is 4.26. The van der Waals surface area contributed by atoms with Gasteiger partial charge >= 0.3 is 0 Å². The molecule has 0 radical (unpaired) electrons. The summed E-state index contributed by atoms with van der Waals surface area (Å²) < 4.78 is 6.04. The van der Waals surface area contributed by atoms with Crippen molar-refractivity contribution in [2.24, 2.45) is 0 Å².